The Bertz CT molecular complexity index is 1830. The van der Waals surface area contributed by atoms with Crippen LogP contribution in [-0.2, 0) is 21.2 Å². The van der Waals surface area contributed by atoms with Gasteiger partial charge in [0, 0.05) is 19.6 Å². The van der Waals surface area contributed by atoms with E-state index in [2.05, 4.69) is 4.72 Å². The average molecular weight is 689 g/mol. The summed E-state index contributed by atoms with van der Waals surface area (Å²) in [5, 5.41) is 1.12. The minimum Gasteiger partial charge on any atom is -0.494 e. The van der Waals surface area contributed by atoms with Crippen LogP contribution in [0.1, 0.15) is 37.7 Å². The molecule has 0 aliphatic carbocycles. The summed E-state index contributed by atoms with van der Waals surface area (Å²) in [6.45, 7) is 4.73. The molecule has 1 aromatic heterocycles. The fourth-order valence-electron chi connectivity index (χ4n) is 5.05. The highest BCUT2D eigenvalue weighted by Crippen LogP contribution is 2.29. The Balaban J connectivity index is 1.91. The maximum absolute atomic E-state index is 14.2. The maximum Gasteiger partial charge on any atom is 0.266 e. The van der Waals surface area contributed by atoms with Crippen molar-refractivity contribution in [2.75, 3.05) is 46.1 Å². The number of ether oxygens (including phenoxy) is 1. The SMILES string of the molecule is CCOc1ccc(-n2c(C(CCNS(=O)(=O)CC)N(CCN(C)C)C(=O)Cc3ccc(Cl)c(Cl)c3)nc3ccccc3c2=O)cc1. The van der Waals surface area contributed by atoms with Gasteiger partial charge in [0.2, 0.25) is 15.9 Å². The summed E-state index contributed by atoms with van der Waals surface area (Å²) < 4.78 is 34.6. The van der Waals surface area contributed by atoms with E-state index in [9.17, 15) is 18.0 Å². The van der Waals surface area contributed by atoms with E-state index in [1.165, 1.54) is 4.57 Å². The summed E-state index contributed by atoms with van der Waals surface area (Å²) in [5.74, 6) is 0.613. The van der Waals surface area contributed by atoms with Gasteiger partial charge in [-0.15, -0.1) is 0 Å². The van der Waals surface area contributed by atoms with E-state index in [0.29, 0.717) is 56.9 Å². The van der Waals surface area contributed by atoms with Crippen molar-refractivity contribution in [3.63, 3.8) is 0 Å². The molecule has 10 nitrogen and oxygen atoms in total. The van der Waals surface area contributed by atoms with Crippen LogP contribution in [0.25, 0.3) is 16.6 Å². The average Bonchev–Trinajstić information content (AvgIpc) is 3.02. The lowest BCUT2D eigenvalue weighted by atomic mass is 10.1. The maximum atomic E-state index is 14.2. The molecule has 0 radical (unpaired) electrons. The number of halogens is 2. The number of carbonyl (C=O) groups excluding carboxylic acids is 1. The Hall–Kier alpha value is -3.48. The van der Waals surface area contributed by atoms with Crippen molar-refractivity contribution in [1.82, 2.24) is 24.1 Å². The van der Waals surface area contributed by atoms with Gasteiger partial charge in [0.05, 0.1) is 51.5 Å². The normalized spacial score (nSPS) is 12.4. The summed E-state index contributed by atoms with van der Waals surface area (Å²) in [7, 11) is 0.264. The zero-order valence-corrected chi connectivity index (χ0v) is 28.7. The molecule has 246 valence electrons. The van der Waals surface area contributed by atoms with Crippen LogP contribution in [0, 0.1) is 0 Å². The van der Waals surface area contributed by atoms with Crippen LogP contribution in [-0.4, -0.2) is 79.8 Å². The number of nitrogens with one attached hydrogen (secondary N) is 1. The molecule has 13 heteroatoms. The van der Waals surface area contributed by atoms with Crippen molar-refractivity contribution >= 4 is 50.0 Å². The molecule has 1 heterocycles. The fourth-order valence-corrected chi connectivity index (χ4v) is 6.00. The highest BCUT2D eigenvalue weighted by Gasteiger charge is 2.31. The number of sulfonamides is 1. The monoisotopic (exact) mass is 687 g/mol. The first-order valence-electron chi connectivity index (χ1n) is 15.0. The van der Waals surface area contributed by atoms with Crippen LogP contribution in [0.3, 0.4) is 0 Å². The molecular formula is C33H39Cl2N5O5S. The van der Waals surface area contributed by atoms with Crippen molar-refractivity contribution < 1.29 is 17.9 Å². The molecule has 0 aliphatic heterocycles. The minimum atomic E-state index is -3.53. The number of nitrogens with zero attached hydrogens (tertiary/aromatic N) is 4. The quantitative estimate of drug-likeness (QED) is 0.185. The number of para-hydroxylation sites is 1. The molecule has 1 atom stereocenters. The first kappa shape index (κ1) is 35.4. The zero-order valence-electron chi connectivity index (χ0n) is 26.4. The molecule has 1 N–H and O–H groups in total. The van der Waals surface area contributed by atoms with Crippen LogP contribution in [0.15, 0.2) is 71.5 Å². The summed E-state index contributed by atoms with van der Waals surface area (Å²) in [6, 6.07) is 18.4. The Labute approximate surface area is 279 Å². The van der Waals surface area contributed by atoms with Gasteiger partial charge >= 0.3 is 0 Å². The van der Waals surface area contributed by atoms with Crippen molar-refractivity contribution in [2.45, 2.75) is 32.7 Å². The third-order valence-electron chi connectivity index (χ3n) is 7.45. The van der Waals surface area contributed by atoms with E-state index in [4.69, 9.17) is 32.9 Å². The first-order valence-corrected chi connectivity index (χ1v) is 17.4. The van der Waals surface area contributed by atoms with Crippen LogP contribution >= 0.6 is 23.2 Å². The second-order valence-corrected chi connectivity index (χ2v) is 13.9. The lowest BCUT2D eigenvalue weighted by Crippen LogP contribution is -2.44. The largest absolute Gasteiger partial charge is 0.494 e. The van der Waals surface area contributed by atoms with Gasteiger partial charge in [0.1, 0.15) is 11.6 Å². The second kappa shape index (κ2) is 15.9. The Morgan fingerprint density at radius 1 is 1.00 bits per heavy atom. The number of amides is 1. The highest BCUT2D eigenvalue weighted by atomic mass is 35.5. The number of aromatic nitrogens is 2. The molecule has 4 aromatic rings. The molecule has 1 unspecified atom stereocenters. The molecule has 1 amide bonds. The summed E-state index contributed by atoms with van der Waals surface area (Å²) in [5.41, 5.74) is 1.35. The van der Waals surface area contributed by atoms with Gasteiger partial charge in [0.25, 0.3) is 5.56 Å². The third kappa shape index (κ3) is 8.86. The van der Waals surface area contributed by atoms with E-state index in [1.807, 2.05) is 25.9 Å². The molecule has 0 saturated heterocycles. The molecule has 0 spiro atoms. The molecule has 4 rings (SSSR count). The van der Waals surface area contributed by atoms with E-state index < -0.39 is 16.1 Å². The highest BCUT2D eigenvalue weighted by molar-refractivity contribution is 7.89. The molecule has 0 aliphatic rings. The summed E-state index contributed by atoms with van der Waals surface area (Å²) in [4.78, 5) is 37.0. The summed E-state index contributed by atoms with van der Waals surface area (Å²) >= 11 is 12.4. The van der Waals surface area contributed by atoms with E-state index >= 15 is 0 Å². The molecule has 0 fully saturated rings. The van der Waals surface area contributed by atoms with E-state index in [0.717, 1.165) is 0 Å². The number of carbonyl (C=O) groups is 1. The number of fused-ring (bicyclic) bond motifs is 1. The van der Waals surface area contributed by atoms with Crippen molar-refractivity contribution in [3.8, 4) is 11.4 Å². The molecular weight excluding hydrogens is 649 g/mol. The topological polar surface area (TPSA) is 114 Å². The standard InChI is InChI=1S/C33H39Cl2N5O5S/c1-5-45-25-14-12-24(13-15-25)40-32(37-29-10-8-7-9-26(29)33(40)42)30(17-18-36-46(43,44)6-2)39(20-19-38(3)4)31(41)22-23-11-16-27(34)28(35)21-23/h7-16,21,30,36H,5-6,17-20,22H2,1-4H3. The van der Waals surface area contributed by atoms with Gasteiger partial charge in [-0.3, -0.25) is 14.2 Å². The number of likely N-dealkylation sites (N-methyl/N-ethyl adjacent to an activating group) is 1. The number of hydrogen-bond acceptors (Lipinski definition) is 7. The van der Waals surface area contributed by atoms with Crippen molar-refractivity contribution in [2.24, 2.45) is 0 Å². The Kier molecular flexibility index (Phi) is 12.2. The first-order chi connectivity index (χ1) is 21.9. The number of benzene rings is 3. The smallest absolute Gasteiger partial charge is 0.266 e. The molecule has 0 saturated carbocycles. The van der Waals surface area contributed by atoms with E-state index in [1.54, 1.807) is 78.6 Å². The van der Waals surface area contributed by atoms with Gasteiger partial charge in [0.15, 0.2) is 0 Å². The number of rotatable bonds is 15. The van der Waals surface area contributed by atoms with Crippen LogP contribution in [0.5, 0.6) is 5.75 Å². The van der Waals surface area contributed by atoms with Gasteiger partial charge in [-0.25, -0.2) is 18.1 Å². The predicted molar refractivity (Wildman–Crippen MR) is 184 cm³/mol. The fraction of sp³-hybridized carbons (Fsp3) is 0.364. The Morgan fingerprint density at radius 3 is 2.37 bits per heavy atom. The van der Waals surface area contributed by atoms with Crippen molar-refractivity contribution in [1.29, 1.82) is 0 Å². The number of hydrogen-bond donors (Lipinski definition) is 1. The van der Waals surface area contributed by atoms with Gasteiger partial charge in [-0.1, -0.05) is 41.4 Å². The second-order valence-electron chi connectivity index (χ2n) is 11.0. The van der Waals surface area contributed by atoms with Gasteiger partial charge in [-0.2, -0.15) is 0 Å². The van der Waals surface area contributed by atoms with Crippen LogP contribution < -0.4 is 15.0 Å². The minimum absolute atomic E-state index is 0.00235. The third-order valence-corrected chi connectivity index (χ3v) is 9.59. The van der Waals surface area contributed by atoms with Gasteiger partial charge < -0.3 is 14.5 Å². The predicted octanol–water partition coefficient (Wildman–Crippen LogP) is 5.09. The lowest BCUT2D eigenvalue weighted by Gasteiger charge is -2.34. The van der Waals surface area contributed by atoms with Crippen LogP contribution in [0.4, 0.5) is 0 Å². The van der Waals surface area contributed by atoms with Gasteiger partial charge in [-0.05, 0) is 88.5 Å². The lowest BCUT2D eigenvalue weighted by molar-refractivity contribution is -0.133. The molecule has 46 heavy (non-hydrogen) atoms. The van der Waals surface area contributed by atoms with Crippen molar-refractivity contribution in [3.05, 3.63) is 98.5 Å². The zero-order chi connectivity index (χ0) is 33.4. The van der Waals surface area contributed by atoms with Crippen LogP contribution in [0.2, 0.25) is 10.0 Å². The summed E-state index contributed by atoms with van der Waals surface area (Å²) in [6.07, 6.45) is 0.157. The molecule has 0 bridgehead atoms. The Morgan fingerprint density at radius 2 is 1.72 bits per heavy atom. The van der Waals surface area contributed by atoms with E-state index in [-0.39, 0.29) is 43.2 Å². The molecule has 3 aromatic carbocycles.